The first-order valence-corrected chi connectivity index (χ1v) is 2.03. The SMILES string of the molecule is C=[N+]1C=CC=C[N-]1. The third kappa shape index (κ3) is 0.892. The van der Waals surface area contributed by atoms with Gasteiger partial charge in [-0.1, -0.05) is 6.08 Å². The van der Waals surface area contributed by atoms with E-state index in [9.17, 15) is 0 Å². The van der Waals surface area contributed by atoms with Gasteiger partial charge >= 0.3 is 0 Å². The second-order valence-electron chi connectivity index (χ2n) is 1.24. The Hall–Kier alpha value is -1.05. The van der Waals surface area contributed by atoms with Crippen LogP contribution in [-0.2, 0) is 0 Å². The molecule has 0 unspecified atom stereocenters. The Morgan fingerprint density at radius 2 is 2.29 bits per heavy atom. The Morgan fingerprint density at radius 3 is 2.57 bits per heavy atom. The van der Waals surface area contributed by atoms with E-state index in [2.05, 4.69) is 12.1 Å². The molecule has 1 rings (SSSR count). The molecule has 2 nitrogen and oxygen atoms in total. The van der Waals surface area contributed by atoms with E-state index >= 15 is 0 Å². The molecule has 36 valence electrons. The number of rotatable bonds is 0. The molecule has 1 heterocycles. The molecular weight excluding hydrogens is 88.1 g/mol. The van der Waals surface area contributed by atoms with Gasteiger partial charge in [-0.25, -0.2) is 0 Å². The molecule has 0 saturated heterocycles. The third-order valence-corrected chi connectivity index (χ3v) is 0.670. The van der Waals surface area contributed by atoms with Crippen LogP contribution >= 0.6 is 0 Å². The highest BCUT2D eigenvalue weighted by Crippen LogP contribution is 1.96. The van der Waals surface area contributed by atoms with Gasteiger partial charge in [-0.2, -0.15) is 0 Å². The summed E-state index contributed by atoms with van der Waals surface area (Å²) in [6.07, 6.45) is 7.19. The molecule has 0 bridgehead atoms. The third-order valence-electron chi connectivity index (χ3n) is 0.670. The fourth-order valence-corrected chi connectivity index (χ4v) is 0.361. The standard InChI is InChI=1S/C5H6N2/c1-7-5-3-2-4-6-7/h2-5H,1H2. The van der Waals surface area contributed by atoms with E-state index in [0.717, 1.165) is 0 Å². The summed E-state index contributed by atoms with van der Waals surface area (Å²) in [7, 11) is 0. The van der Waals surface area contributed by atoms with Crippen LogP contribution in [0.5, 0.6) is 0 Å². The topological polar surface area (TPSA) is 17.1 Å². The maximum Gasteiger partial charge on any atom is 0.163 e. The van der Waals surface area contributed by atoms with Gasteiger partial charge in [0.15, 0.2) is 6.20 Å². The zero-order valence-electron chi connectivity index (χ0n) is 3.91. The Labute approximate surface area is 42.4 Å². The van der Waals surface area contributed by atoms with Crippen LogP contribution in [0.25, 0.3) is 5.43 Å². The molecule has 0 aromatic rings. The Kier molecular flexibility index (Phi) is 0.941. The average Bonchev–Trinajstić information content (AvgIpc) is 1.69. The van der Waals surface area contributed by atoms with Crippen LogP contribution in [0.3, 0.4) is 0 Å². The molecule has 0 amide bonds. The lowest BCUT2D eigenvalue weighted by Crippen LogP contribution is -1.91. The highest BCUT2D eigenvalue weighted by Gasteiger charge is 1.77. The van der Waals surface area contributed by atoms with Crippen LogP contribution in [0.15, 0.2) is 24.6 Å². The van der Waals surface area contributed by atoms with Gasteiger partial charge in [-0.15, -0.1) is 6.20 Å². The van der Waals surface area contributed by atoms with Crippen LogP contribution in [0.2, 0.25) is 0 Å². The van der Waals surface area contributed by atoms with Crippen molar-refractivity contribution in [3.63, 3.8) is 0 Å². The Balaban J connectivity index is 2.66. The minimum absolute atomic E-state index is 1.50. The maximum atomic E-state index is 3.78. The second kappa shape index (κ2) is 1.60. The monoisotopic (exact) mass is 94.1 g/mol. The van der Waals surface area contributed by atoms with Crippen molar-refractivity contribution >= 4 is 6.72 Å². The summed E-state index contributed by atoms with van der Waals surface area (Å²) < 4.78 is 1.50. The number of nitrogens with zero attached hydrogens (tertiary/aromatic N) is 2. The Morgan fingerprint density at radius 1 is 1.43 bits per heavy atom. The number of hydrogen-bond acceptors (Lipinski definition) is 0. The molecule has 2 heteroatoms. The fraction of sp³-hybridized carbons (Fsp3) is 0. The lowest BCUT2D eigenvalue weighted by Gasteiger charge is -2.07. The van der Waals surface area contributed by atoms with Crippen molar-refractivity contribution in [1.82, 2.24) is 0 Å². The highest BCUT2D eigenvalue weighted by atomic mass is 15.4. The molecule has 1 aliphatic rings. The van der Waals surface area contributed by atoms with Gasteiger partial charge in [0.05, 0.1) is 0 Å². The van der Waals surface area contributed by atoms with Gasteiger partial charge < -0.3 is 5.43 Å². The van der Waals surface area contributed by atoms with Crippen LogP contribution in [0.4, 0.5) is 0 Å². The summed E-state index contributed by atoms with van der Waals surface area (Å²) in [4.78, 5) is 0. The van der Waals surface area contributed by atoms with Gasteiger partial charge in [0.1, 0.15) is 6.72 Å². The fourth-order valence-electron chi connectivity index (χ4n) is 0.361. The van der Waals surface area contributed by atoms with E-state index in [0.29, 0.717) is 0 Å². The maximum absolute atomic E-state index is 3.78. The number of hydrogen-bond donors (Lipinski definition) is 0. The van der Waals surface area contributed by atoms with E-state index in [1.165, 1.54) is 4.68 Å². The predicted molar refractivity (Wildman–Crippen MR) is 29.0 cm³/mol. The van der Waals surface area contributed by atoms with E-state index < -0.39 is 0 Å². The molecule has 0 fully saturated rings. The summed E-state index contributed by atoms with van der Waals surface area (Å²) in [5.41, 5.74) is 3.78. The first-order chi connectivity index (χ1) is 3.39. The van der Waals surface area contributed by atoms with Crippen molar-refractivity contribution in [2.24, 2.45) is 0 Å². The smallest absolute Gasteiger partial charge is 0.163 e. The van der Waals surface area contributed by atoms with Crippen LogP contribution < -0.4 is 0 Å². The van der Waals surface area contributed by atoms with Gasteiger partial charge in [-0.05, 0) is 6.08 Å². The number of allylic oxidation sites excluding steroid dienone is 2. The first kappa shape index (κ1) is 4.12. The summed E-state index contributed by atoms with van der Waals surface area (Å²) in [5, 5.41) is 0. The predicted octanol–water partition coefficient (Wildman–Crippen LogP) is 1.03. The molecule has 0 radical (unpaired) electrons. The molecule has 0 saturated carbocycles. The van der Waals surface area contributed by atoms with Crippen LogP contribution in [0, 0.1) is 0 Å². The summed E-state index contributed by atoms with van der Waals surface area (Å²) in [5.74, 6) is 0. The summed E-state index contributed by atoms with van der Waals surface area (Å²) in [6, 6.07) is 0. The van der Waals surface area contributed by atoms with E-state index in [1.807, 2.05) is 12.2 Å². The summed E-state index contributed by atoms with van der Waals surface area (Å²) >= 11 is 0. The molecule has 0 N–H and O–H groups in total. The average molecular weight is 94.1 g/mol. The first-order valence-electron chi connectivity index (χ1n) is 2.03. The molecule has 7 heavy (non-hydrogen) atoms. The Bertz CT molecular complexity index is 133. The zero-order valence-corrected chi connectivity index (χ0v) is 3.91. The molecule has 0 aliphatic carbocycles. The lowest BCUT2D eigenvalue weighted by molar-refractivity contribution is -0.386. The minimum atomic E-state index is 1.50. The van der Waals surface area contributed by atoms with E-state index in [-0.39, 0.29) is 0 Å². The molecule has 0 atom stereocenters. The lowest BCUT2D eigenvalue weighted by atomic mass is 10.5. The molecule has 0 spiro atoms. The quantitative estimate of drug-likeness (QED) is 0.399. The van der Waals surface area contributed by atoms with Gasteiger partial charge in [0.25, 0.3) is 0 Å². The molecule has 0 aromatic carbocycles. The highest BCUT2D eigenvalue weighted by molar-refractivity contribution is 5.20. The van der Waals surface area contributed by atoms with Crippen molar-refractivity contribution in [3.05, 3.63) is 30.0 Å². The van der Waals surface area contributed by atoms with Crippen LogP contribution in [0.1, 0.15) is 0 Å². The van der Waals surface area contributed by atoms with Crippen molar-refractivity contribution in [2.75, 3.05) is 0 Å². The summed E-state index contributed by atoms with van der Waals surface area (Å²) in [6.45, 7) is 3.53. The van der Waals surface area contributed by atoms with Crippen molar-refractivity contribution in [2.45, 2.75) is 0 Å². The van der Waals surface area contributed by atoms with Gasteiger partial charge in [0.2, 0.25) is 0 Å². The molecular formula is C5H6N2. The zero-order chi connectivity index (χ0) is 5.11. The second-order valence-corrected chi connectivity index (χ2v) is 1.24. The normalized spacial score (nSPS) is 16.9. The minimum Gasteiger partial charge on any atom is -0.413 e. The molecule has 1 aliphatic heterocycles. The largest absolute Gasteiger partial charge is 0.413 e. The van der Waals surface area contributed by atoms with E-state index in [4.69, 9.17) is 0 Å². The molecule has 0 aromatic heterocycles. The van der Waals surface area contributed by atoms with Crippen LogP contribution in [-0.4, -0.2) is 11.4 Å². The van der Waals surface area contributed by atoms with Gasteiger partial charge in [0, 0.05) is 0 Å². The van der Waals surface area contributed by atoms with Gasteiger partial charge in [-0.3, -0.25) is 4.68 Å². The van der Waals surface area contributed by atoms with Crippen molar-refractivity contribution < 1.29 is 4.68 Å². The van der Waals surface area contributed by atoms with Crippen molar-refractivity contribution in [1.29, 1.82) is 0 Å². The van der Waals surface area contributed by atoms with E-state index in [1.54, 1.807) is 12.4 Å². The van der Waals surface area contributed by atoms with Crippen molar-refractivity contribution in [3.8, 4) is 0 Å².